The number of nitrogens with zero attached hydrogens (tertiary/aromatic N) is 3. The zero-order valence-electron chi connectivity index (χ0n) is 18.6. The van der Waals surface area contributed by atoms with Crippen molar-refractivity contribution in [2.75, 3.05) is 16.0 Å². The fraction of sp³-hybridized carbons (Fsp3) is 0. The number of benzene rings is 3. The van der Waals surface area contributed by atoms with Gasteiger partial charge in [-0.1, -0.05) is 18.2 Å². The molecule has 0 fully saturated rings. The molecule has 0 radical (unpaired) electrons. The molecule has 7 nitrogen and oxygen atoms in total. The van der Waals surface area contributed by atoms with Crippen molar-refractivity contribution in [2.24, 2.45) is 0 Å². The van der Waals surface area contributed by atoms with Crippen LogP contribution in [0.1, 0.15) is 15.9 Å². The summed E-state index contributed by atoms with van der Waals surface area (Å²) in [6.07, 6.45) is 3.42. The van der Waals surface area contributed by atoms with Gasteiger partial charge in [0.25, 0.3) is 5.91 Å². The zero-order chi connectivity index (χ0) is 24.0. The summed E-state index contributed by atoms with van der Waals surface area (Å²) in [6.45, 7) is 0. The molecule has 168 valence electrons. The van der Waals surface area contributed by atoms with Crippen LogP contribution in [0.5, 0.6) is 0 Å². The van der Waals surface area contributed by atoms with Gasteiger partial charge in [-0.25, -0.2) is 4.98 Å². The van der Waals surface area contributed by atoms with Crippen LogP contribution in [0.2, 0.25) is 0 Å². The summed E-state index contributed by atoms with van der Waals surface area (Å²) in [4.78, 5) is 21.6. The third-order valence-corrected chi connectivity index (χ3v) is 5.33. The van der Waals surface area contributed by atoms with Gasteiger partial charge in [0.05, 0.1) is 17.1 Å². The summed E-state index contributed by atoms with van der Waals surface area (Å²) in [5, 5.41) is 19.6. The van der Waals surface area contributed by atoms with Gasteiger partial charge in [-0.05, 0) is 72.8 Å². The molecular formula is C28H20N6O. The van der Waals surface area contributed by atoms with E-state index in [0.717, 1.165) is 33.8 Å². The number of nitriles is 1. The molecule has 1 amide bonds. The maximum absolute atomic E-state index is 13.0. The molecule has 2 heterocycles. The van der Waals surface area contributed by atoms with Crippen LogP contribution < -0.4 is 16.0 Å². The van der Waals surface area contributed by atoms with Crippen LogP contribution in [0.4, 0.5) is 28.6 Å². The van der Waals surface area contributed by atoms with Crippen LogP contribution in [-0.4, -0.2) is 15.9 Å². The van der Waals surface area contributed by atoms with Gasteiger partial charge in [0.1, 0.15) is 5.82 Å². The molecular weight excluding hydrogens is 436 g/mol. The van der Waals surface area contributed by atoms with Gasteiger partial charge >= 0.3 is 0 Å². The van der Waals surface area contributed by atoms with Crippen LogP contribution in [0, 0.1) is 11.3 Å². The molecule has 0 aliphatic rings. The third-order valence-electron chi connectivity index (χ3n) is 5.33. The number of pyridine rings is 2. The molecule has 3 N–H and O–H groups in total. The van der Waals surface area contributed by atoms with Crippen molar-refractivity contribution in [2.45, 2.75) is 0 Å². The Morgan fingerprint density at radius 2 is 1.57 bits per heavy atom. The van der Waals surface area contributed by atoms with E-state index < -0.39 is 0 Å². The van der Waals surface area contributed by atoms with E-state index in [9.17, 15) is 10.1 Å². The summed E-state index contributed by atoms with van der Waals surface area (Å²) in [5.74, 6) is 0.496. The molecule has 0 bridgehead atoms. The first-order valence-corrected chi connectivity index (χ1v) is 10.9. The SMILES string of the molecule is N#Cc1ccc2nccc(Nc3cccc(C(=O)Nc4cccc(Nc5ccccn5)c4)c3)c2c1. The smallest absolute Gasteiger partial charge is 0.255 e. The fourth-order valence-electron chi connectivity index (χ4n) is 3.68. The van der Waals surface area contributed by atoms with Crippen molar-refractivity contribution in [3.63, 3.8) is 0 Å². The number of carbonyl (C=O) groups is 1. The van der Waals surface area contributed by atoms with E-state index in [0.29, 0.717) is 16.8 Å². The number of amides is 1. The number of nitrogens with one attached hydrogen (secondary N) is 3. The number of hydrogen-bond donors (Lipinski definition) is 3. The molecule has 35 heavy (non-hydrogen) atoms. The summed E-state index contributed by atoms with van der Waals surface area (Å²) < 4.78 is 0. The number of aromatic nitrogens is 2. The minimum absolute atomic E-state index is 0.227. The second kappa shape index (κ2) is 9.73. The Labute approximate surface area is 202 Å². The van der Waals surface area contributed by atoms with Crippen molar-refractivity contribution in [3.05, 3.63) is 115 Å². The first kappa shape index (κ1) is 21.6. The molecule has 0 saturated carbocycles. The first-order valence-electron chi connectivity index (χ1n) is 10.9. The minimum Gasteiger partial charge on any atom is -0.355 e. The van der Waals surface area contributed by atoms with Gasteiger partial charge in [0.2, 0.25) is 0 Å². The Morgan fingerprint density at radius 1 is 0.743 bits per heavy atom. The highest BCUT2D eigenvalue weighted by molar-refractivity contribution is 6.05. The second-order valence-corrected chi connectivity index (χ2v) is 7.78. The second-order valence-electron chi connectivity index (χ2n) is 7.78. The molecule has 0 aliphatic carbocycles. The van der Waals surface area contributed by atoms with Gasteiger partial charge in [-0.15, -0.1) is 0 Å². The Balaban J connectivity index is 1.33. The molecule has 7 heteroatoms. The Bertz CT molecular complexity index is 1560. The fourth-order valence-corrected chi connectivity index (χ4v) is 3.68. The lowest BCUT2D eigenvalue weighted by Gasteiger charge is -2.12. The molecule has 0 aliphatic heterocycles. The largest absolute Gasteiger partial charge is 0.355 e. The molecule has 5 rings (SSSR count). The van der Waals surface area contributed by atoms with Gasteiger partial charge in [-0.3, -0.25) is 9.78 Å². The predicted octanol–water partition coefficient (Wildman–Crippen LogP) is 6.24. The minimum atomic E-state index is -0.227. The van der Waals surface area contributed by atoms with Crippen molar-refractivity contribution >= 4 is 45.4 Å². The number of fused-ring (bicyclic) bond motifs is 1. The van der Waals surface area contributed by atoms with E-state index in [4.69, 9.17) is 0 Å². The number of anilines is 5. The molecule has 0 spiro atoms. The Hall–Kier alpha value is -5.22. The first-order chi connectivity index (χ1) is 17.2. The number of rotatable bonds is 6. The van der Waals surface area contributed by atoms with Crippen molar-refractivity contribution in [1.29, 1.82) is 5.26 Å². The van der Waals surface area contributed by atoms with Crippen LogP contribution in [0.3, 0.4) is 0 Å². The molecule has 2 aromatic heterocycles. The number of carbonyl (C=O) groups excluding carboxylic acids is 1. The summed E-state index contributed by atoms with van der Waals surface area (Å²) in [5.41, 5.74) is 4.88. The van der Waals surface area contributed by atoms with Crippen LogP contribution in [-0.2, 0) is 0 Å². The molecule has 0 saturated heterocycles. The highest BCUT2D eigenvalue weighted by Gasteiger charge is 2.09. The maximum Gasteiger partial charge on any atom is 0.255 e. The zero-order valence-corrected chi connectivity index (χ0v) is 18.6. The van der Waals surface area contributed by atoms with Crippen LogP contribution in [0.15, 0.2) is 103 Å². The van der Waals surface area contributed by atoms with Crippen molar-refractivity contribution < 1.29 is 4.79 Å². The monoisotopic (exact) mass is 456 g/mol. The van der Waals surface area contributed by atoms with E-state index in [1.165, 1.54) is 0 Å². The van der Waals surface area contributed by atoms with Crippen molar-refractivity contribution in [3.8, 4) is 6.07 Å². The standard InChI is InChI=1S/C28H20N6O/c29-18-19-10-11-25-24(15-19)26(12-14-30-25)32-21-6-3-5-20(16-21)28(35)34-23-8-4-7-22(17-23)33-27-9-1-2-13-31-27/h1-17H,(H,30,32)(H,31,33)(H,34,35). The van der Waals surface area contributed by atoms with E-state index >= 15 is 0 Å². The van der Waals surface area contributed by atoms with Gasteiger partial charge in [0.15, 0.2) is 0 Å². The topological polar surface area (TPSA) is 103 Å². The normalized spacial score (nSPS) is 10.4. The average Bonchev–Trinajstić information content (AvgIpc) is 2.89. The highest BCUT2D eigenvalue weighted by Crippen LogP contribution is 2.27. The third kappa shape index (κ3) is 5.07. The summed E-state index contributed by atoms with van der Waals surface area (Å²) in [7, 11) is 0. The van der Waals surface area contributed by atoms with Gasteiger partial charge < -0.3 is 16.0 Å². The lowest BCUT2D eigenvalue weighted by molar-refractivity contribution is 0.102. The van der Waals surface area contributed by atoms with E-state index in [1.54, 1.807) is 36.7 Å². The molecule has 3 aromatic carbocycles. The van der Waals surface area contributed by atoms with Gasteiger partial charge in [0, 0.05) is 46.1 Å². The maximum atomic E-state index is 13.0. The lowest BCUT2D eigenvalue weighted by atomic mass is 10.1. The Morgan fingerprint density at radius 3 is 2.40 bits per heavy atom. The lowest BCUT2D eigenvalue weighted by Crippen LogP contribution is -2.12. The van der Waals surface area contributed by atoms with Crippen LogP contribution in [0.25, 0.3) is 10.9 Å². The van der Waals surface area contributed by atoms with E-state index in [1.807, 2.05) is 66.7 Å². The molecule has 5 aromatic rings. The van der Waals surface area contributed by atoms with E-state index in [2.05, 4.69) is 32.0 Å². The number of hydrogen-bond acceptors (Lipinski definition) is 6. The summed E-state index contributed by atoms with van der Waals surface area (Å²) >= 11 is 0. The van der Waals surface area contributed by atoms with Gasteiger partial charge in [-0.2, -0.15) is 5.26 Å². The quantitative estimate of drug-likeness (QED) is 0.279. The summed E-state index contributed by atoms with van der Waals surface area (Å²) in [6, 6.07) is 29.7. The molecule has 0 atom stereocenters. The van der Waals surface area contributed by atoms with Crippen LogP contribution >= 0.6 is 0 Å². The average molecular weight is 457 g/mol. The highest BCUT2D eigenvalue weighted by atomic mass is 16.1. The van der Waals surface area contributed by atoms with E-state index in [-0.39, 0.29) is 5.91 Å². The van der Waals surface area contributed by atoms with Crippen molar-refractivity contribution in [1.82, 2.24) is 9.97 Å². The predicted molar refractivity (Wildman–Crippen MR) is 138 cm³/mol. The Kier molecular flexibility index (Phi) is 6.01. The molecule has 0 unspecified atom stereocenters.